The van der Waals surface area contributed by atoms with E-state index in [1.165, 1.54) is 0 Å². The third kappa shape index (κ3) is 5.98. The van der Waals surface area contributed by atoms with Crippen molar-refractivity contribution in [1.29, 1.82) is 0 Å². The maximum Gasteiger partial charge on any atom is 0.326 e. The van der Waals surface area contributed by atoms with Crippen molar-refractivity contribution < 1.29 is 24.2 Å². The predicted molar refractivity (Wildman–Crippen MR) is 85.0 cm³/mol. The van der Waals surface area contributed by atoms with E-state index in [0.717, 1.165) is 5.56 Å². The fourth-order valence-corrected chi connectivity index (χ4v) is 2.02. The molecule has 126 valence electrons. The van der Waals surface area contributed by atoms with Crippen LogP contribution in [0.1, 0.15) is 38.2 Å². The van der Waals surface area contributed by atoms with Gasteiger partial charge in [0.1, 0.15) is 6.04 Å². The Kier molecular flexibility index (Phi) is 7.05. The smallest absolute Gasteiger partial charge is 0.326 e. The molecule has 0 spiro atoms. The molecule has 1 rings (SSSR count). The van der Waals surface area contributed by atoms with E-state index < -0.39 is 23.8 Å². The third-order valence-corrected chi connectivity index (χ3v) is 3.37. The first-order valence-corrected chi connectivity index (χ1v) is 7.39. The van der Waals surface area contributed by atoms with Crippen molar-refractivity contribution in [3.05, 3.63) is 29.8 Å². The first-order chi connectivity index (χ1) is 10.8. The van der Waals surface area contributed by atoms with Gasteiger partial charge in [-0.3, -0.25) is 9.59 Å². The van der Waals surface area contributed by atoms with Crippen LogP contribution in [-0.4, -0.2) is 35.6 Å². The molecule has 0 radical (unpaired) electrons. The van der Waals surface area contributed by atoms with Crippen LogP contribution in [0.2, 0.25) is 0 Å². The van der Waals surface area contributed by atoms with Gasteiger partial charge in [-0.1, -0.05) is 12.1 Å². The lowest BCUT2D eigenvalue weighted by Gasteiger charge is -2.16. The number of carboxylic acid groups (broad SMARTS) is 1. The second-order valence-corrected chi connectivity index (χ2v) is 5.14. The summed E-state index contributed by atoms with van der Waals surface area (Å²) in [6.07, 6.45) is 0.0909. The van der Waals surface area contributed by atoms with Crippen LogP contribution in [0.25, 0.3) is 0 Å². The van der Waals surface area contributed by atoms with Crippen LogP contribution in [0.15, 0.2) is 24.3 Å². The minimum absolute atomic E-state index is 0.0120. The number of ether oxygens (including phenoxy) is 1. The number of hydrogen-bond acceptors (Lipinski definition) is 5. The highest BCUT2D eigenvalue weighted by molar-refractivity contribution is 5.80. The molecule has 4 N–H and O–H groups in total. The number of primary amides is 1. The fraction of sp³-hybridized carbons (Fsp3) is 0.438. The fourth-order valence-electron chi connectivity index (χ4n) is 2.02. The van der Waals surface area contributed by atoms with E-state index in [-0.39, 0.29) is 18.8 Å². The molecular formula is C16H22N2O5. The zero-order chi connectivity index (χ0) is 17.4. The molecule has 0 saturated carbocycles. The number of benzene rings is 1. The van der Waals surface area contributed by atoms with E-state index in [0.29, 0.717) is 12.3 Å². The molecule has 1 amide bonds. The molecule has 0 aliphatic carbocycles. The van der Waals surface area contributed by atoms with Crippen LogP contribution in [-0.2, 0) is 19.1 Å². The van der Waals surface area contributed by atoms with Gasteiger partial charge in [0.15, 0.2) is 0 Å². The molecule has 0 aromatic heterocycles. The lowest BCUT2D eigenvalue weighted by Crippen LogP contribution is -2.30. The summed E-state index contributed by atoms with van der Waals surface area (Å²) in [6, 6.07) is 5.93. The normalized spacial score (nSPS) is 13.0. The van der Waals surface area contributed by atoms with Gasteiger partial charge in [-0.25, -0.2) is 4.79 Å². The Hall–Kier alpha value is -2.57. The van der Waals surface area contributed by atoms with Crippen LogP contribution in [0.5, 0.6) is 0 Å². The van der Waals surface area contributed by atoms with E-state index in [4.69, 9.17) is 15.6 Å². The van der Waals surface area contributed by atoms with E-state index in [2.05, 4.69) is 5.32 Å². The molecular weight excluding hydrogens is 300 g/mol. The minimum atomic E-state index is -1.06. The van der Waals surface area contributed by atoms with Crippen LogP contribution < -0.4 is 11.1 Å². The van der Waals surface area contributed by atoms with Gasteiger partial charge in [-0.2, -0.15) is 0 Å². The molecule has 7 heteroatoms. The molecule has 0 aliphatic heterocycles. The lowest BCUT2D eigenvalue weighted by molar-refractivity contribution is -0.144. The summed E-state index contributed by atoms with van der Waals surface area (Å²) < 4.78 is 4.96. The number of anilines is 1. The minimum Gasteiger partial charge on any atom is -0.480 e. The summed E-state index contributed by atoms with van der Waals surface area (Å²) in [5, 5.41) is 12.0. The Balaban J connectivity index is 2.73. The SMILES string of the molecule is CCOC(=O)C(C)c1ccc(N[C@@H](CCC(N)=O)C(=O)O)cc1. The summed E-state index contributed by atoms with van der Waals surface area (Å²) in [6.45, 7) is 3.81. The molecule has 23 heavy (non-hydrogen) atoms. The van der Waals surface area contributed by atoms with Gasteiger partial charge >= 0.3 is 11.9 Å². The second-order valence-electron chi connectivity index (χ2n) is 5.14. The lowest BCUT2D eigenvalue weighted by atomic mass is 10.0. The van der Waals surface area contributed by atoms with Crippen LogP contribution in [0.4, 0.5) is 5.69 Å². The predicted octanol–water partition coefficient (Wildman–Crippen LogP) is 1.48. The van der Waals surface area contributed by atoms with E-state index >= 15 is 0 Å². The highest BCUT2D eigenvalue weighted by Gasteiger charge is 2.19. The first kappa shape index (κ1) is 18.5. The van der Waals surface area contributed by atoms with E-state index in [9.17, 15) is 14.4 Å². The van der Waals surface area contributed by atoms with Gasteiger partial charge in [0, 0.05) is 12.1 Å². The van der Waals surface area contributed by atoms with Gasteiger partial charge in [-0.05, 0) is 38.0 Å². The molecule has 1 aromatic rings. The Morgan fingerprint density at radius 3 is 2.35 bits per heavy atom. The number of nitrogens with two attached hydrogens (primary N) is 1. The van der Waals surface area contributed by atoms with Gasteiger partial charge in [0.25, 0.3) is 0 Å². The van der Waals surface area contributed by atoms with Crippen molar-refractivity contribution in [3.8, 4) is 0 Å². The second kappa shape index (κ2) is 8.77. The van der Waals surface area contributed by atoms with Gasteiger partial charge in [0.05, 0.1) is 12.5 Å². The molecule has 0 fully saturated rings. The quantitative estimate of drug-likeness (QED) is 0.593. The van der Waals surface area contributed by atoms with Gasteiger partial charge in [-0.15, -0.1) is 0 Å². The monoisotopic (exact) mass is 322 g/mol. The molecule has 7 nitrogen and oxygen atoms in total. The van der Waals surface area contributed by atoms with Crippen molar-refractivity contribution >= 4 is 23.5 Å². The maximum atomic E-state index is 11.7. The molecule has 1 unspecified atom stereocenters. The van der Waals surface area contributed by atoms with Crippen molar-refractivity contribution in [2.75, 3.05) is 11.9 Å². The van der Waals surface area contributed by atoms with Crippen molar-refractivity contribution in [2.24, 2.45) is 5.73 Å². The van der Waals surface area contributed by atoms with Crippen LogP contribution >= 0.6 is 0 Å². The standard InChI is InChI=1S/C16H22N2O5/c1-3-23-16(22)10(2)11-4-6-12(7-5-11)18-13(15(20)21)8-9-14(17)19/h4-7,10,13,18H,3,8-9H2,1-2H3,(H2,17,19)(H,20,21)/t10?,13-/m0/s1. The number of hydrogen-bond donors (Lipinski definition) is 3. The topological polar surface area (TPSA) is 119 Å². The summed E-state index contributed by atoms with van der Waals surface area (Å²) in [5.74, 6) is -2.31. The zero-order valence-electron chi connectivity index (χ0n) is 13.2. The highest BCUT2D eigenvalue weighted by Crippen LogP contribution is 2.20. The number of rotatable bonds is 9. The molecule has 0 bridgehead atoms. The number of carbonyl (C=O) groups excluding carboxylic acids is 2. The highest BCUT2D eigenvalue weighted by atomic mass is 16.5. The molecule has 1 aromatic carbocycles. The number of nitrogens with one attached hydrogen (secondary N) is 1. The number of aliphatic carboxylic acids is 1. The summed E-state index contributed by atoms with van der Waals surface area (Å²) in [5.41, 5.74) is 6.40. The Labute approximate surface area is 134 Å². The molecule has 0 aliphatic rings. The number of amides is 1. The largest absolute Gasteiger partial charge is 0.480 e. The number of esters is 1. The van der Waals surface area contributed by atoms with E-state index in [1.807, 2.05) is 0 Å². The Morgan fingerprint density at radius 1 is 1.26 bits per heavy atom. The number of carboxylic acids is 1. The molecule has 0 heterocycles. The van der Waals surface area contributed by atoms with Crippen molar-refractivity contribution in [2.45, 2.75) is 38.6 Å². The molecule has 2 atom stereocenters. The first-order valence-electron chi connectivity index (χ1n) is 7.39. The van der Waals surface area contributed by atoms with Gasteiger partial charge < -0.3 is 20.9 Å². The molecule has 0 saturated heterocycles. The summed E-state index contributed by atoms with van der Waals surface area (Å²) in [7, 11) is 0. The Morgan fingerprint density at radius 2 is 1.87 bits per heavy atom. The van der Waals surface area contributed by atoms with E-state index in [1.54, 1.807) is 38.1 Å². The maximum absolute atomic E-state index is 11.7. The average molecular weight is 322 g/mol. The average Bonchev–Trinajstić information content (AvgIpc) is 2.51. The van der Waals surface area contributed by atoms with Crippen LogP contribution in [0, 0.1) is 0 Å². The number of carbonyl (C=O) groups is 3. The van der Waals surface area contributed by atoms with Crippen molar-refractivity contribution in [3.63, 3.8) is 0 Å². The summed E-state index contributed by atoms with van der Waals surface area (Å²) >= 11 is 0. The Bertz CT molecular complexity index is 556. The van der Waals surface area contributed by atoms with Gasteiger partial charge in [0.2, 0.25) is 5.91 Å². The third-order valence-electron chi connectivity index (χ3n) is 3.37. The zero-order valence-corrected chi connectivity index (χ0v) is 13.2. The summed E-state index contributed by atoms with van der Waals surface area (Å²) in [4.78, 5) is 33.6. The van der Waals surface area contributed by atoms with Crippen molar-refractivity contribution in [1.82, 2.24) is 0 Å². The van der Waals surface area contributed by atoms with Crippen LogP contribution in [0.3, 0.4) is 0 Å².